The highest BCUT2D eigenvalue weighted by Gasteiger charge is 2.61. The van der Waals surface area contributed by atoms with Gasteiger partial charge in [0.1, 0.15) is 5.78 Å². The van der Waals surface area contributed by atoms with Crippen molar-refractivity contribution in [1.82, 2.24) is 0 Å². The van der Waals surface area contributed by atoms with Crippen LogP contribution in [-0.2, 0) is 14.8 Å². The number of benzene rings is 1. The molecule has 0 heterocycles. The summed E-state index contributed by atoms with van der Waals surface area (Å²) in [5.74, 6) is 1.19. The molecule has 3 rings (SSSR count). The van der Waals surface area contributed by atoms with Crippen LogP contribution in [0.2, 0.25) is 0 Å². The molecule has 2 atom stereocenters. The molecule has 6 heteroatoms. The maximum atomic E-state index is 11.6. The van der Waals surface area contributed by atoms with E-state index in [0.717, 1.165) is 12.8 Å². The first kappa shape index (κ1) is 17.0. The normalized spacial score (nSPS) is 29.1. The third kappa shape index (κ3) is 2.77. The van der Waals surface area contributed by atoms with Crippen molar-refractivity contribution in [2.45, 2.75) is 44.9 Å². The molecule has 1 aromatic carbocycles. The minimum absolute atomic E-state index is 0.0255. The average molecular weight is 324 g/mol. The van der Waals surface area contributed by atoms with Crippen LogP contribution in [0.3, 0.4) is 0 Å². The maximum Gasteiger partial charge on any atom is 0.238 e. The molecule has 22 heavy (non-hydrogen) atoms. The largest absolute Gasteiger partial charge is 0.399 e. The molecule has 1 aromatic rings. The van der Waals surface area contributed by atoms with Gasteiger partial charge in [0.15, 0.2) is 0 Å². The number of primary sulfonamides is 1. The van der Waals surface area contributed by atoms with E-state index >= 15 is 0 Å². The molecule has 5 nitrogen and oxygen atoms in total. The molecule has 0 amide bonds. The molecule has 2 unspecified atom stereocenters. The zero-order valence-electron chi connectivity index (χ0n) is 13.3. The van der Waals surface area contributed by atoms with Crippen LogP contribution < -0.4 is 10.9 Å². The summed E-state index contributed by atoms with van der Waals surface area (Å²) in [7, 11) is -3.58. The van der Waals surface area contributed by atoms with Crippen molar-refractivity contribution >= 4 is 21.5 Å². The first-order chi connectivity index (χ1) is 9.98. The molecule has 0 radical (unpaired) electrons. The molecular weight excluding hydrogens is 300 g/mol. The second-order valence-electron chi connectivity index (χ2n) is 7.03. The Labute approximate surface area is 132 Å². The molecule has 0 aromatic heterocycles. The molecule has 2 aliphatic carbocycles. The first-order valence-corrected chi connectivity index (χ1v) is 8.95. The number of carbonyl (C=O) groups is 1. The Morgan fingerprint density at radius 1 is 1.14 bits per heavy atom. The van der Waals surface area contributed by atoms with Gasteiger partial charge in [-0.1, -0.05) is 20.8 Å². The van der Waals surface area contributed by atoms with E-state index in [4.69, 9.17) is 10.9 Å². The van der Waals surface area contributed by atoms with Crippen LogP contribution in [0.25, 0.3) is 0 Å². The number of hydrogen-bond donors (Lipinski definition) is 2. The number of ketones is 1. The van der Waals surface area contributed by atoms with Gasteiger partial charge in [0, 0.05) is 17.5 Å². The lowest BCUT2D eigenvalue weighted by molar-refractivity contribution is -0.128. The summed E-state index contributed by atoms with van der Waals surface area (Å²) in [6, 6.07) is 5.70. The summed E-state index contributed by atoms with van der Waals surface area (Å²) in [6.07, 6.45) is 3.25. The molecule has 0 aliphatic heterocycles. The van der Waals surface area contributed by atoms with Gasteiger partial charge in [-0.3, -0.25) is 4.79 Å². The quantitative estimate of drug-likeness (QED) is 0.774. The van der Waals surface area contributed by atoms with Crippen molar-refractivity contribution in [2.75, 3.05) is 5.73 Å². The summed E-state index contributed by atoms with van der Waals surface area (Å²) >= 11 is 0. The fraction of sp³-hybridized carbons (Fsp3) is 0.562. The van der Waals surface area contributed by atoms with Crippen LogP contribution in [0.5, 0.6) is 0 Å². The molecule has 4 N–H and O–H groups in total. The smallest absolute Gasteiger partial charge is 0.238 e. The minimum Gasteiger partial charge on any atom is -0.399 e. The van der Waals surface area contributed by atoms with E-state index < -0.39 is 10.0 Å². The number of rotatable bonds is 1. The Morgan fingerprint density at radius 2 is 1.68 bits per heavy atom. The monoisotopic (exact) mass is 324 g/mol. The Hall–Kier alpha value is -1.40. The van der Waals surface area contributed by atoms with E-state index in [0.29, 0.717) is 17.4 Å². The molecule has 2 aliphatic rings. The van der Waals surface area contributed by atoms with Gasteiger partial charge >= 0.3 is 0 Å². The predicted octanol–water partition coefficient (Wildman–Crippen LogP) is 2.32. The van der Waals surface area contributed by atoms with Crippen molar-refractivity contribution in [3.05, 3.63) is 24.3 Å². The van der Waals surface area contributed by atoms with Crippen molar-refractivity contribution in [3.63, 3.8) is 0 Å². The summed E-state index contributed by atoms with van der Waals surface area (Å²) in [4.78, 5) is 11.6. The van der Waals surface area contributed by atoms with Gasteiger partial charge in [-0.05, 0) is 48.4 Å². The molecule has 122 valence electrons. The van der Waals surface area contributed by atoms with Crippen LogP contribution >= 0.6 is 0 Å². The van der Waals surface area contributed by atoms with Gasteiger partial charge in [-0.15, -0.1) is 0 Å². The minimum atomic E-state index is -3.58. The Balaban J connectivity index is 0.000000160. The number of carbonyl (C=O) groups excluding carboxylic acids is 1. The second kappa shape index (κ2) is 5.35. The predicted molar refractivity (Wildman–Crippen MR) is 86.5 cm³/mol. The van der Waals surface area contributed by atoms with Crippen LogP contribution in [0.15, 0.2) is 29.2 Å². The van der Waals surface area contributed by atoms with Crippen LogP contribution in [0, 0.1) is 16.7 Å². The number of fused-ring (bicyclic) bond motifs is 2. The van der Waals surface area contributed by atoms with Gasteiger partial charge in [0.25, 0.3) is 0 Å². The van der Waals surface area contributed by atoms with E-state index in [1.54, 1.807) is 0 Å². The van der Waals surface area contributed by atoms with E-state index in [9.17, 15) is 13.2 Å². The summed E-state index contributed by atoms with van der Waals surface area (Å²) in [6.45, 7) is 6.67. The van der Waals surface area contributed by atoms with Gasteiger partial charge in [-0.2, -0.15) is 0 Å². The third-order valence-corrected chi connectivity index (χ3v) is 6.62. The zero-order chi connectivity index (χ0) is 16.8. The van der Waals surface area contributed by atoms with E-state index in [1.807, 2.05) is 0 Å². The number of nitrogens with two attached hydrogens (primary N) is 2. The van der Waals surface area contributed by atoms with Gasteiger partial charge in [0.2, 0.25) is 10.0 Å². The fourth-order valence-corrected chi connectivity index (χ4v) is 4.07. The standard InChI is InChI=1S/C10H16O.C6H8N2O2S/c1-9(2)7-4-5-10(9,3)8(11)6-7;7-5-1-3-6(4-2-5)11(8,9)10/h7H,4-6H2,1-3H3;1-4H,7H2,(H2,8,9,10). The summed E-state index contributed by atoms with van der Waals surface area (Å²) in [5.41, 5.74) is 6.15. The maximum absolute atomic E-state index is 11.6. The Bertz CT molecular complexity index is 680. The van der Waals surface area contributed by atoms with Crippen molar-refractivity contribution in [2.24, 2.45) is 21.9 Å². The average Bonchev–Trinajstić information content (AvgIpc) is 2.72. The fourth-order valence-electron chi connectivity index (χ4n) is 3.56. The Kier molecular flexibility index (Phi) is 4.13. The first-order valence-electron chi connectivity index (χ1n) is 7.40. The highest BCUT2D eigenvalue weighted by molar-refractivity contribution is 7.89. The lowest BCUT2D eigenvalue weighted by atomic mass is 9.70. The van der Waals surface area contributed by atoms with E-state index in [-0.39, 0.29) is 15.7 Å². The lowest BCUT2D eigenvalue weighted by Crippen LogP contribution is -2.32. The van der Waals surface area contributed by atoms with Crippen LogP contribution in [-0.4, -0.2) is 14.2 Å². The molecule has 0 saturated heterocycles. The second-order valence-corrected chi connectivity index (χ2v) is 8.59. The third-order valence-electron chi connectivity index (χ3n) is 5.69. The molecule has 0 spiro atoms. The van der Waals surface area contributed by atoms with Gasteiger partial charge in [-0.25, -0.2) is 13.6 Å². The van der Waals surface area contributed by atoms with E-state index in [2.05, 4.69) is 20.8 Å². The van der Waals surface area contributed by atoms with Gasteiger partial charge in [0.05, 0.1) is 4.90 Å². The number of sulfonamides is 1. The summed E-state index contributed by atoms with van der Waals surface area (Å²) < 4.78 is 21.4. The number of anilines is 1. The van der Waals surface area contributed by atoms with Crippen LogP contribution in [0.1, 0.15) is 40.0 Å². The molecule has 2 fully saturated rings. The van der Waals surface area contributed by atoms with Gasteiger partial charge < -0.3 is 5.73 Å². The number of Topliss-reactive ketones (excluding diaryl/α,β-unsaturated/α-hetero) is 1. The SMILES string of the molecule is CC12CCC(CC1=O)C2(C)C.Nc1ccc(S(N)(=O)=O)cc1. The molecular formula is C16H24N2O3S. The molecule has 2 bridgehead atoms. The van der Waals surface area contributed by atoms with Crippen LogP contribution in [0.4, 0.5) is 5.69 Å². The van der Waals surface area contributed by atoms with Crippen molar-refractivity contribution in [3.8, 4) is 0 Å². The van der Waals surface area contributed by atoms with Crippen molar-refractivity contribution < 1.29 is 13.2 Å². The topological polar surface area (TPSA) is 103 Å². The lowest BCUT2D eigenvalue weighted by Gasteiger charge is -2.32. The summed E-state index contributed by atoms with van der Waals surface area (Å²) in [5, 5.41) is 4.84. The van der Waals surface area contributed by atoms with Crippen molar-refractivity contribution in [1.29, 1.82) is 0 Å². The number of hydrogen-bond acceptors (Lipinski definition) is 4. The molecule has 2 saturated carbocycles. The Morgan fingerprint density at radius 3 is 1.95 bits per heavy atom. The zero-order valence-corrected chi connectivity index (χ0v) is 14.1. The number of nitrogen functional groups attached to an aromatic ring is 1. The highest BCUT2D eigenvalue weighted by Crippen LogP contribution is 2.63. The van der Waals surface area contributed by atoms with E-state index in [1.165, 1.54) is 30.7 Å². The highest BCUT2D eigenvalue weighted by atomic mass is 32.2.